The van der Waals surface area contributed by atoms with Crippen molar-refractivity contribution in [2.45, 2.75) is 33.2 Å². The van der Waals surface area contributed by atoms with Crippen LogP contribution in [0.1, 0.15) is 27.2 Å². The van der Waals surface area contributed by atoms with E-state index in [1.165, 1.54) is 18.9 Å². The van der Waals surface area contributed by atoms with Crippen LogP contribution in [-0.4, -0.2) is 35.0 Å². The number of nitrogens with zero attached hydrogens (tertiary/aromatic N) is 1. The standard InChI is InChI=1S/C9H17NO3/c1-6(2)5-8(11)10(4)7(3)9(12)13/h6-7H,5H2,1-4H3,(H,12,13). The first-order valence-electron chi connectivity index (χ1n) is 4.34. The van der Waals surface area contributed by atoms with Crippen LogP contribution in [0.25, 0.3) is 0 Å². The number of carboxylic acids is 1. The Hall–Kier alpha value is -1.06. The number of aliphatic carboxylic acids is 1. The average Bonchev–Trinajstić information content (AvgIpc) is 2.00. The van der Waals surface area contributed by atoms with Crippen molar-refractivity contribution >= 4 is 11.9 Å². The molecule has 76 valence electrons. The Balaban J connectivity index is 4.17. The molecule has 0 saturated heterocycles. The van der Waals surface area contributed by atoms with E-state index >= 15 is 0 Å². The topological polar surface area (TPSA) is 57.6 Å². The first-order chi connectivity index (χ1) is 5.86. The molecule has 0 aromatic rings. The van der Waals surface area contributed by atoms with Crippen molar-refractivity contribution in [3.05, 3.63) is 0 Å². The number of likely N-dealkylation sites (N-methyl/N-ethyl adjacent to an activating group) is 1. The highest BCUT2D eigenvalue weighted by Crippen LogP contribution is 2.05. The molecule has 0 rings (SSSR count). The van der Waals surface area contributed by atoms with Gasteiger partial charge in [0.1, 0.15) is 6.04 Å². The molecular weight excluding hydrogens is 170 g/mol. The van der Waals surface area contributed by atoms with Gasteiger partial charge in [-0.3, -0.25) is 4.79 Å². The Morgan fingerprint density at radius 3 is 2.08 bits per heavy atom. The normalized spacial score (nSPS) is 12.7. The summed E-state index contributed by atoms with van der Waals surface area (Å²) in [5.41, 5.74) is 0. The molecule has 1 amide bonds. The monoisotopic (exact) mass is 187 g/mol. The lowest BCUT2D eigenvalue weighted by atomic mass is 10.1. The van der Waals surface area contributed by atoms with Crippen LogP contribution in [0.5, 0.6) is 0 Å². The van der Waals surface area contributed by atoms with Crippen molar-refractivity contribution in [2.24, 2.45) is 5.92 Å². The smallest absolute Gasteiger partial charge is 0.326 e. The summed E-state index contributed by atoms with van der Waals surface area (Å²) in [6.45, 7) is 5.36. The Kier molecular flexibility index (Phi) is 4.45. The van der Waals surface area contributed by atoms with Crippen LogP contribution < -0.4 is 0 Å². The molecule has 0 aliphatic carbocycles. The van der Waals surface area contributed by atoms with Gasteiger partial charge in [0.25, 0.3) is 0 Å². The number of carbonyl (C=O) groups excluding carboxylic acids is 1. The summed E-state index contributed by atoms with van der Waals surface area (Å²) in [5, 5.41) is 8.64. The molecule has 0 aliphatic heterocycles. The van der Waals surface area contributed by atoms with Gasteiger partial charge in [0.05, 0.1) is 0 Å². The minimum absolute atomic E-state index is 0.120. The molecule has 0 fully saturated rings. The second kappa shape index (κ2) is 4.84. The average molecular weight is 187 g/mol. The summed E-state index contributed by atoms with van der Waals surface area (Å²) in [4.78, 5) is 23.2. The summed E-state index contributed by atoms with van der Waals surface area (Å²) in [6.07, 6.45) is 0.397. The Morgan fingerprint density at radius 2 is 1.77 bits per heavy atom. The van der Waals surface area contributed by atoms with Crippen molar-refractivity contribution in [1.29, 1.82) is 0 Å². The van der Waals surface area contributed by atoms with Crippen molar-refractivity contribution < 1.29 is 14.7 Å². The van der Waals surface area contributed by atoms with Crippen LogP contribution in [0, 0.1) is 5.92 Å². The van der Waals surface area contributed by atoms with E-state index in [-0.39, 0.29) is 11.8 Å². The zero-order valence-electron chi connectivity index (χ0n) is 8.57. The van der Waals surface area contributed by atoms with Gasteiger partial charge >= 0.3 is 5.97 Å². The third-order valence-corrected chi connectivity index (χ3v) is 1.91. The minimum atomic E-state index is -0.973. The molecule has 1 N–H and O–H groups in total. The van der Waals surface area contributed by atoms with E-state index in [4.69, 9.17) is 5.11 Å². The maximum atomic E-state index is 11.4. The number of rotatable bonds is 4. The Bertz CT molecular complexity index is 201. The van der Waals surface area contributed by atoms with Crippen molar-refractivity contribution in [1.82, 2.24) is 4.90 Å². The van der Waals surface area contributed by atoms with Crippen molar-refractivity contribution in [3.8, 4) is 0 Å². The maximum absolute atomic E-state index is 11.4. The fourth-order valence-corrected chi connectivity index (χ4v) is 0.875. The largest absolute Gasteiger partial charge is 0.480 e. The van der Waals surface area contributed by atoms with Crippen LogP contribution in [0.2, 0.25) is 0 Å². The molecule has 0 aromatic carbocycles. The molecule has 0 spiro atoms. The minimum Gasteiger partial charge on any atom is -0.480 e. The SMILES string of the molecule is CC(C)CC(=O)N(C)C(C)C(=O)O. The number of hydrogen-bond donors (Lipinski definition) is 1. The number of hydrogen-bond acceptors (Lipinski definition) is 2. The van der Waals surface area contributed by atoms with Crippen LogP contribution in [-0.2, 0) is 9.59 Å². The summed E-state index contributed by atoms with van der Waals surface area (Å²) in [7, 11) is 1.52. The van der Waals surface area contributed by atoms with Crippen LogP contribution >= 0.6 is 0 Å². The molecular formula is C9H17NO3. The van der Waals surface area contributed by atoms with E-state index < -0.39 is 12.0 Å². The van der Waals surface area contributed by atoms with E-state index in [2.05, 4.69) is 0 Å². The predicted molar refractivity (Wildman–Crippen MR) is 49.3 cm³/mol. The molecule has 0 saturated carbocycles. The highest BCUT2D eigenvalue weighted by atomic mass is 16.4. The highest BCUT2D eigenvalue weighted by molar-refractivity contribution is 5.83. The molecule has 0 radical (unpaired) electrons. The molecule has 4 nitrogen and oxygen atoms in total. The van der Waals surface area contributed by atoms with Crippen LogP contribution in [0.4, 0.5) is 0 Å². The van der Waals surface area contributed by atoms with Gasteiger partial charge < -0.3 is 10.0 Å². The summed E-state index contributed by atoms with van der Waals surface area (Å²) < 4.78 is 0. The van der Waals surface area contributed by atoms with Gasteiger partial charge in [-0.2, -0.15) is 0 Å². The van der Waals surface area contributed by atoms with E-state index in [0.29, 0.717) is 6.42 Å². The summed E-state index contributed by atoms with van der Waals surface area (Å²) in [5.74, 6) is -0.833. The number of carbonyl (C=O) groups is 2. The number of carboxylic acid groups (broad SMARTS) is 1. The first-order valence-corrected chi connectivity index (χ1v) is 4.34. The van der Waals surface area contributed by atoms with Gasteiger partial charge in [-0.25, -0.2) is 4.79 Å². The van der Waals surface area contributed by atoms with Gasteiger partial charge in [0.2, 0.25) is 5.91 Å². The maximum Gasteiger partial charge on any atom is 0.326 e. The Morgan fingerprint density at radius 1 is 1.31 bits per heavy atom. The molecule has 4 heteroatoms. The van der Waals surface area contributed by atoms with Gasteiger partial charge in [-0.05, 0) is 12.8 Å². The molecule has 1 atom stereocenters. The fourth-order valence-electron chi connectivity index (χ4n) is 0.875. The molecule has 0 aliphatic rings. The van der Waals surface area contributed by atoms with E-state index in [1.54, 1.807) is 0 Å². The molecule has 0 aromatic heterocycles. The van der Waals surface area contributed by atoms with Gasteiger partial charge in [-0.1, -0.05) is 13.8 Å². The van der Waals surface area contributed by atoms with E-state index in [0.717, 1.165) is 0 Å². The molecule has 0 bridgehead atoms. The van der Waals surface area contributed by atoms with Gasteiger partial charge in [0, 0.05) is 13.5 Å². The van der Waals surface area contributed by atoms with Gasteiger partial charge in [-0.15, -0.1) is 0 Å². The zero-order valence-corrected chi connectivity index (χ0v) is 8.57. The molecule has 0 heterocycles. The lowest BCUT2D eigenvalue weighted by Crippen LogP contribution is -2.40. The third kappa shape index (κ3) is 3.92. The summed E-state index contributed by atoms with van der Waals surface area (Å²) in [6, 6.07) is -0.744. The van der Waals surface area contributed by atoms with Crippen molar-refractivity contribution in [3.63, 3.8) is 0 Å². The quantitative estimate of drug-likeness (QED) is 0.713. The second-order valence-corrected chi connectivity index (χ2v) is 3.62. The molecule has 1 unspecified atom stereocenters. The van der Waals surface area contributed by atoms with Gasteiger partial charge in [0.15, 0.2) is 0 Å². The predicted octanol–water partition coefficient (Wildman–Crippen LogP) is 0.964. The second-order valence-electron chi connectivity index (χ2n) is 3.62. The van der Waals surface area contributed by atoms with E-state index in [1.807, 2.05) is 13.8 Å². The lowest BCUT2D eigenvalue weighted by Gasteiger charge is -2.22. The molecule has 13 heavy (non-hydrogen) atoms. The Labute approximate surface area is 78.5 Å². The fraction of sp³-hybridized carbons (Fsp3) is 0.778. The van der Waals surface area contributed by atoms with Crippen molar-refractivity contribution in [2.75, 3.05) is 7.05 Å². The van der Waals surface area contributed by atoms with Crippen LogP contribution in [0.3, 0.4) is 0 Å². The first kappa shape index (κ1) is 11.9. The van der Waals surface area contributed by atoms with E-state index in [9.17, 15) is 9.59 Å². The highest BCUT2D eigenvalue weighted by Gasteiger charge is 2.21. The summed E-state index contributed by atoms with van der Waals surface area (Å²) >= 11 is 0. The number of amides is 1. The van der Waals surface area contributed by atoms with Crippen LogP contribution in [0.15, 0.2) is 0 Å². The third-order valence-electron chi connectivity index (χ3n) is 1.91. The zero-order chi connectivity index (χ0) is 10.6. The lowest BCUT2D eigenvalue weighted by molar-refractivity contribution is -0.148.